The summed E-state index contributed by atoms with van der Waals surface area (Å²) in [5.74, 6) is 0. The van der Waals surface area contributed by atoms with Crippen molar-refractivity contribution in [2.24, 2.45) is 0 Å². The molecule has 0 atom stereocenters. The molecule has 2 aliphatic heterocycles. The molecule has 0 aliphatic carbocycles. The minimum absolute atomic E-state index is 1.06. The Morgan fingerprint density at radius 3 is 2.10 bits per heavy atom. The van der Waals surface area contributed by atoms with E-state index in [1.807, 2.05) is 0 Å². The summed E-state index contributed by atoms with van der Waals surface area (Å²) in [7, 11) is 0. The summed E-state index contributed by atoms with van der Waals surface area (Å²) in [6.07, 6.45) is 4.43. The fourth-order valence-corrected chi connectivity index (χ4v) is 1.52. The van der Waals surface area contributed by atoms with Crippen LogP contribution in [0.15, 0.2) is 24.3 Å². The Morgan fingerprint density at radius 1 is 1.10 bits per heavy atom. The van der Waals surface area contributed by atoms with Crippen LogP contribution in [0.4, 0.5) is 0 Å². The molecule has 2 rings (SSSR count). The quantitative estimate of drug-likeness (QED) is 0.451. The lowest BCUT2D eigenvalue weighted by Gasteiger charge is -2.27. The zero-order chi connectivity index (χ0) is 6.97. The molecule has 0 spiro atoms. The average Bonchev–Trinajstić information content (AvgIpc) is 2.27. The fraction of sp³-hybridized carbons (Fsp3) is 0.500. The highest BCUT2D eigenvalue weighted by atomic mass is 15.6. The first-order chi connectivity index (χ1) is 4.86. The van der Waals surface area contributed by atoms with Crippen LogP contribution in [0.5, 0.6) is 0 Å². The SMILES string of the molecule is C=C1CN2CC=CCN2C1. The van der Waals surface area contributed by atoms with E-state index in [4.69, 9.17) is 0 Å². The van der Waals surface area contributed by atoms with Gasteiger partial charge in [0.1, 0.15) is 0 Å². The Morgan fingerprint density at radius 2 is 1.60 bits per heavy atom. The topological polar surface area (TPSA) is 6.48 Å². The third-order valence-electron chi connectivity index (χ3n) is 2.01. The van der Waals surface area contributed by atoms with Crippen molar-refractivity contribution in [3.05, 3.63) is 24.3 Å². The van der Waals surface area contributed by atoms with Gasteiger partial charge in [-0.25, -0.2) is 10.0 Å². The lowest BCUT2D eigenvalue weighted by molar-refractivity contribution is 0.0449. The normalized spacial score (nSPS) is 27.4. The molecule has 0 aromatic heterocycles. The van der Waals surface area contributed by atoms with Crippen LogP contribution in [-0.2, 0) is 0 Å². The van der Waals surface area contributed by atoms with Crippen LogP contribution in [0.3, 0.4) is 0 Å². The Labute approximate surface area is 61.4 Å². The van der Waals surface area contributed by atoms with E-state index in [9.17, 15) is 0 Å². The van der Waals surface area contributed by atoms with E-state index in [1.165, 1.54) is 5.57 Å². The molecule has 0 bridgehead atoms. The van der Waals surface area contributed by atoms with E-state index < -0.39 is 0 Å². The van der Waals surface area contributed by atoms with E-state index in [1.54, 1.807) is 0 Å². The van der Waals surface area contributed by atoms with E-state index in [2.05, 4.69) is 28.7 Å². The summed E-state index contributed by atoms with van der Waals surface area (Å²) in [5, 5.41) is 4.67. The first kappa shape index (κ1) is 6.13. The lowest BCUT2D eigenvalue weighted by atomic mass is 10.3. The van der Waals surface area contributed by atoms with Crippen molar-refractivity contribution < 1.29 is 0 Å². The van der Waals surface area contributed by atoms with Gasteiger partial charge in [-0.05, 0) is 5.57 Å². The maximum Gasteiger partial charge on any atom is 0.0357 e. The maximum absolute atomic E-state index is 3.97. The third-order valence-corrected chi connectivity index (χ3v) is 2.01. The number of rotatable bonds is 0. The van der Waals surface area contributed by atoms with Crippen LogP contribution in [0.1, 0.15) is 0 Å². The van der Waals surface area contributed by atoms with Gasteiger partial charge in [0.2, 0.25) is 0 Å². The molecule has 1 fully saturated rings. The zero-order valence-electron chi connectivity index (χ0n) is 6.08. The van der Waals surface area contributed by atoms with Gasteiger partial charge in [-0.1, -0.05) is 18.7 Å². The Balaban J connectivity index is 2.11. The van der Waals surface area contributed by atoms with E-state index >= 15 is 0 Å². The van der Waals surface area contributed by atoms with Gasteiger partial charge in [0.05, 0.1) is 0 Å². The van der Waals surface area contributed by atoms with Crippen LogP contribution in [0.2, 0.25) is 0 Å². The van der Waals surface area contributed by atoms with Gasteiger partial charge in [-0.15, -0.1) is 0 Å². The summed E-state index contributed by atoms with van der Waals surface area (Å²) in [5.41, 5.74) is 1.34. The number of fused-ring (bicyclic) bond motifs is 1. The fourth-order valence-electron chi connectivity index (χ4n) is 1.52. The van der Waals surface area contributed by atoms with Gasteiger partial charge in [-0.2, -0.15) is 0 Å². The predicted octanol–water partition coefficient (Wildman–Crippen LogP) is 0.645. The van der Waals surface area contributed by atoms with Gasteiger partial charge in [-0.3, -0.25) is 0 Å². The van der Waals surface area contributed by atoms with Crippen LogP contribution in [0.25, 0.3) is 0 Å². The highest BCUT2D eigenvalue weighted by Crippen LogP contribution is 2.15. The lowest BCUT2D eigenvalue weighted by Crippen LogP contribution is -2.39. The summed E-state index contributed by atoms with van der Waals surface area (Å²) < 4.78 is 0. The van der Waals surface area contributed by atoms with Gasteiger partial charge in [0, 0.05) is 26.2 Å². The molecule has 0 amide bonds. The second kappa shape index (κ2) is 2.22. The molecule has 0 saturated carbocycles. The second-order valence-corrected chi connectivity index (χ2v) is 2.92. The highest BCUT2D eigenvalue weighted by molar-refractivity contribution is 5.09. The predicted molar refractivity (Wildman–Crippen MR) is 41.4 cm³/mol. The molecule has 10 heavy (non-hydrogen) atoms. The maximum atomic E-state index is 3.97. The molecule has 0 N–H and O–H groups in total. The van der Waals surface area contributed by atoms with Crippen molar-refractivity contribution in [3.63, 3.8) is 0 Å². The second-order valence-electron chi connectivity index (χ2n) is 2.92. The monoisotopic (exact) mass is 136 g/mol. The molecule has 2 aliphatic rings. The van der Waals surface area contributed by atoms with Crippen molar-refractivity contribution in [2.45, 2.75) is 0 Å². The van der Waals surface area contributed by atoms with Crippen LogP contribution in [-0.4, -0.2) is 36.2 Å². The van der Waals surface area contributed by atoms with E-state index in [0.29, 0.717) is 0 Å². The third kappa shape index (κ3) is 0.895. The zero-order valence-corrected chi connectivity index (χ0v) is 6.08. The molecular formula is C8H12N2. The molecular weight excluding hydrogens is 124 g/mol. The van der Waals surface area contributed by atoms with Crippen molar-refractivity contribution >= 4 is 0 Å². The molecule has 2 heteroatoms. The summed E-state index contributed by atoms with van der Waals surface area (Å²) in [4.78, 5) is 0. The largest absolute Gasteiger partial charge is 0.233 e. The first-order valence-corrected chi connectivity index (χ1v) is 3.68. The van der Waals surface area contributed by atoms with Gasteiger partial charge in [0.25, 0.3) is 0 Å². The molecule has 0 aromatic rings. The molecule has 0 radical (unpaired) electrons. The Kier molecular flexibility index (Phi) is 1.36. The van der Waals surface area contributed by atoms with Crippen molar-refractivity contribution in [3.8, 4) is 0 Å². The summed E-state index contributed by atoms with van der Waals surface area (Å²) in [6, 6.07) is 0. The first-order valence-electron chi connectivity index (χ1n) is 3.68. The minimum Gasteiger partial charge on any atom is -0.233 e. The molecule has 2 nitrogen and oxygen atoms in total. The molecule has 0 aromatic carbocycles. The number of hydrogen-bond donors (Lipinski definition) is 0. The van der Waals surface area contributed by atoms with Crippen molar-refractivity contribution in [1.29, 1.82) is 0 Å². The minimum atomic E-state index is 1.06. The smallest absolute Gasteiger partial charge is 0.0357 e. The summed E-state index contributed by atoms with van der Waals surface area (Å²) in [6.45, 7) is 8.22. The summed E-state index contributed by atoms with van der Waals surface area (Å²) >= 11 is 0. The number of hydrazine groups is 1. The Hall–Kier alpha value is -0.600. The standard InChI is InChI=1S/C8H12N2/c1-8-6-9-4-2-3-5-10(9)7-8/h2-3H,1,4-7H2. The van der Waals surface area contributed by atoms with E-state index in [-0.39, 0.29) is 0 Å². The number of hydrogen-bond acceptors (Lipinski definition) is 2. The van der Waals surface area contributed by atoms with Crippen molar-refractivity contribution in [2.75, 3.05) is 26.2 Å². The number of nitrogens with zero attached hydrogens (tertiary/aromatic N) is 2. The highest BCUT2D eigenvalue weighted by Gasteiger charge is 2.23. The van der Waals surface area contributed by atoms with Gasteiger partial charge in [0.15, 0.2) is 0 Å². The van der Waals surface area contributed by atoms with E-state index in [0.717, 1.165) is 26.2 Å². The Bertz CT molecular complexity index is 166. The molecule has 1 saturated heterocycles. The van der Waals surface area contributed by atoms with Crippen molar-refractivity contribution in [1.82, 2.24) is 10.0 Å². The van der Waals surface area contributed by atoms with Crippen LogP contribution < -0.4 is 0 Å². The van der Waals surface area contributed by atoms with Crippen LogP contribution >= 0.6 is 0 Å². The molecule has 54 valence electrons. The molecule has 2 heterocycles. The van der Waals surface area contributed by atoms with Gasteiger partial charge < -0.3 is 0 Å². The molecule has 0 unspecified atom stereocenters. The average molecular weight is 136 g/mol. The van der Waals surface area contributed by atoms with Crippen LogP contribution in [0, 0.1) is 0 Å². The van der Waals surface area contributed by atoms with Gasteiger partial charge >= 0.3 is 0 Å².